The maximum atomic E-state index is 6.28. The molecule has 106 valence electrons. The molecule has 0 radical (unpaired) electrons. The Kier molecular flexibility index (Phi) is 5.83. The second-order valence-corrected chi connectivity index (χ2v) is 5.54. The highest BCUT2D eigenvalue weighted by Crippen LogP contribution is 2.18. The Morgan fingerprint density at radius 1 is 1.37 bits per heavy atom. The first-order valence-electron chi connectivity index (χ1n) is 7.40. The van der Waals surface area contributed by atoms with Gasteiger partial charge < -0.3 is 15.8 Å². The molecular weight excluding hydrogens is 236 g/mol. The Balaban J connectivity index is 1.64. The van der Waals surface area contributed by atoms with Crippen LogP contribution < -0.4 is 11.1 Å². The first-order valence-corrected chi connectivity index (χ1v) is 7.40. The molecule has 0 amide bonds. The molecular formula is C16H26N2O. The van der Waals surface area contributed by atoms with E-state index in [4.69, 9.17) is 10.5 Å². The van der Waals surface area contributed by atoms with Crippen LogP contribution in [0.2, 0.25) is 0 Å². The minimum Gasteiger partial charge on any atom is -0.378 e. The average Bonchev–Trinajstić information content (AvgIpc) is 2.96. The van der Waals surface area contributed by atoms with Crippen LogP contribution >= 0.6 is 0 Å². The van der Waals surface area contributed by atoms with Gasteiger partial charge in [-0.1, -0.05) is 37.3 Å². The van der Waals surface area contributed by atoms with Crippen molar-refractivity contribution < 1.29 is 4.74 Å². The fraction of sp³-hybridized carbons (Fsp3) is 0.625. The van der Waals surface area contributed by atoms with Gasteiger partial charge in [0.15, 0.2) is 0 Å². The number of benzene rings is 1. The predicted octanol–water partition coefficient (Wildman–Crippen LogP) is 2.48. The lowest BCUT2D eigenvalue weighted by atomic mass is 9.95. The molecule has 1 aliphatic rings. The van der Waals surface area contributed by atoms with Gasteiger partial charge in [0.2, 0.25) is 0 Å². The van der Waals surface area contributed by atoms with E-state index in [2.05, 4.69) is 24.4 Å². The van der Waals surface area contributed by atoms with Gasteiger partial charge in [-0.05, 0) is 43.8 Å². The molecule has 1 aromatic rings. The third-order valence-electron chi connectivity index (χ3n) is 3.93. The van der Waals surface area contributed by atoms with Crippen molar-refractivity contribution in [1.82, 2.24) is 5.32 Å². The lowest BCUT2D eigenvalue weighted by molar-refractivity contribution is 0.104. The minimum atomic E-state index is 0.108. The van der Waals surface area contributed by atoms with E-state index in [0.717, 1.165) is 26.1 Å². The smallest absolute Gasteiger partial charge is 0.0588 e. The maximum absolute atomic E-state index is 6.28. The van der Waals surface area contributed by atoms with Crippen molar-refractivity contribution >= 4 is 0 Å². The monoisotopic (exact) mass is 262 g/mol. The molecule has 1 heterocycles. The van der Waals surface area contributed by atoms with Gasteiger partial charge in [-0.25, -0.2) is 0 Å². The maximum Gasteiger partial charge on any atom is 0.0588 e. The van der Waals surface area contributed by atoms with Crippen molar-refractivity contribution in [1.29, 1.82) is 0 Å². The Bertz CT molecular complexity index is 349. The summed E-state index contributed by atoms with van der Waals surface area (Å²) in [4.78, 5) is 0. The van der Waals surface area contributed by atoms with Gasteiger partial charge in [-0.2, -0.15) is 0 Å². The van der Waals surface area contributed by atoms with Gasteiger partial charge in [0, 0.05) is 12.6 Å². The van der Waals surface area contributed by atoms with Gasteiger partial charge in [0.25, 0.3) is 0 Å². The highest BCUT2D eigenvalue weighted by Gasteiger charge is 2.16. The normalized spacial score (nSPS) is 22.3. The van der Waals surface area contributed by atoms with Crippen LogP contribution in [0.25, 0.3) is 0 Å². The zero-order valence-corrected chi connectivity index (χ0v) is 11.8. The fourth-order valence-electron chi connectivity index (χ4n) is 2.60. The Labute approximate surface area is 116 Å². The third kappa shape index (κ3) is 4.60. The molecule has 3 N–H and O–H groups in total. The molecule has 0 aromatic heterocycles. The van der Waals surface area contributed by atoms with E-state index in [-0.39, 0.29) is 6.04 Å². The van der Waals surface area contributed by atoms with Gasteiger partial charge >= 0.3 is 0 Å². The first-order chi connectivity index (χ1) is 9.27. The van der Waals surface area contributed by atoms with E-state index < -0.39 is 0 Å². The number of hydrogen-bond donors (Lipinski definition) is 2. The van der Waals surface area contributed by atoms with Crippen molar-refractivity contribution in [2.24, 2.45) is 11.7 Å². The predicted molar refractivity (Wildman–Crippen MR) is 79.0 cm³/mol. The van der Waals surface area contributed by atoms with Crippen LogP contribution in [0.3, 0.4) is 0 Å². The summed E-state index contributed by atoms with van der Waals surface area (Å²) in [6.07, 6.45) is 4.04. The van der Waals surface area contributed by atoms with Crippen molar-refractivity contribution in [2.45, 2.75) is 38.3 Å². The Morgan fingerprint density at radius 3 is 2.84 bits per heavy atom. The van der Waals surface area contributed by atoms with Crippen LogP contribution in [0.15, 0.2) is 30.3 Å². The summed E-state index contributed by atoms with van der Waals surface area (Å²) in [5.74, 6) is 0.437. The second-order valence-electron chi connectivity index (χ2n) is 5.54. The van der Waals surface area contributed by atoms with E-state index in [1.807, 2.05) is 18.2 Å². The number of hydrogen-bond acceptors (Lipinski definition) is 3. The molecule has 1 saturated heterocycles. The Morgan fingerprint density at radius 2 is 2.16 bits per heavy atom. The molecule has 1 aromatic carbocycles. The minimum absolute atomic E-state index is 0.108. The van der Waals surface area contributed by atoms with Crippen LogP contribution in [0, 0.1) is 5.92 Å². The molecule has 3 unspecified atom stereocenters. The van der Waals surface area contributed by atoms with E-state index in [0.29, 0.717) is 12.0 Å². The van der Waals surface area contributed by atoms with E-state index in [1.165, 1.54) is 18.4 Å². The molecule has 0 aliphatic carbocycles. The molecule has 0 saturated carbocycles. The summed E-state index contributed by atoms with van der Waals surface area (Å²) in [5.41, 5.74) is 7.50. The summed E-state index contributed by atoms with van der Waals surface area (Å²) in [6, 6.07) is 10.4. The van der Waals surface area contributed by atoms with Crippen LogP contribution in [-0.2, 0) is 4.74 Å². The van der Waals surface area contributed by atoms with Gasteiger partial charge in [-0.3, -0.25) is 0 Å². The summed E-state index contributed by atoms with van der Waals surface area (Å²) in [5, 5.41) is 3.50. The van der Waals surface area contributed by atoms with Gasteiger partial charge in [0.05, 0.1) is 6.10 Å². The molecule has 0 bridgehead atoms. The SMILES string of the molecule is CC(CNCCC1CCCO1)C(N)c1ccccc1. The fourth-order valence-corrected chi connectivity index (χ4v) is 2.60. The quantitative estimate of drug-likeness (QED) is 0.742. The lowest BCUT2D eigenvalue weighted by Crippen LogP contribution is -2.31. The molecule has 3 nitrogen and oxygen atoms in total. The number of nitrogens with one attached hydrogen (secondary N) is 1. The van der Waals surface area contributed by atoms with E-state index >= 15 is 0 Å². The molecule has 3 atom stereocenters. The highest BCUT2D eigenvalue weighted by molar-refractivity contribution is 5.19. The van der Waals surface area contributed by atoms with Crippen LogP contribution in [0.1, 0.15) is 37.8 Å². The molecule has 1 fully saturated rings. The summed E-state index contributed by atoms with van der Waals surface area (Å²) < 4.78 is 5.61. The molecule has 2 rings (SSSR count). The lowest BCUT2D eigenvalue weighted by Gasteiger charge is -2.21. The molecule has 3 heteroatoms. The van der Waals surface area contributed by atoms with Crippen molar-refractivity contribution in [3.8, 4) is 0 Å². The molecule has 0 spiro atoms. The van der Waals surface area contributed by atoms with E-state index in [1.54, 1.807) is 0 Å². The van der Waals surface area contributed by atoms with Crippen molar-refractivity contribution in [2.75, 3.05) is 19.7 Å². The zero-order chi connectivity index (χ0) is 13.5. The standard InChI is InChI=1S/C16H26N2O/c1-13(16(17)14-6-3-2-4-7-14)12-18-10-9-15-8-5-11-19-15/h2-4,6-7,13,15-16,18H,5,8-12,17H2,1H3. The first kappa shape index (κ1) is 14.5. The average molecular weight is 262 g/mol. The summed E-state index contributed by atoms with van der Waals surface area (Å²) in [7, 11) is 0. The van der Waals surface area contributed by atoms with Crippen LogP contribution in [-0.4, -0.2) is 25.8 Å². The van der Waals surface area contributed by atoms with Crippen LogP contribution in [0.4, 0.5) is 0 Å². The molecule has 19 heavy (non-hydrogen) atoms. The van der Waals surface area contributed by atoms with Gasteiger partial charge in [-0.15, -0.1) is 0 Å². The van der Waals surface area contributed by atoms with E-state index in [9.17, 15) is 0 Å². The van der Waals surface area contributed by atoms with Crippen molar-refractivity contribution in [3.63, 3.8) is 0 Å². The summed E-state index contributed by atoms with van der Waals surface area (Å²) in [6.45, 7) is 5.13. The second kappa shape index (κ2) is 7.63. The zero-order valence-electron chi connectivity index (χ0n) is 11.8. The third-order valence-corrected chi connectivity index (χ3v) is 3.93. The van der Waals surface area contributed by atoms with Crippen LogP contribution in [0.5, 0.6) is 0 Å². The molecule has 1 aliphatic heterocycles. The largest absolute Gasteiger partial charge is 0.378 e. The number of ether oxygens (including phenoxy) is 1. The number of rotatable bonds is 7. The van der Waals surface area contributed by atoms with Crippen molar-refractivity contribution in [3.05, 3.63) is 35.9 Å². The Hall–Kier alpha value is -0.900. The van der Waals surface area contributed by atoms with Gasteiger partial charge in [0.1, 0.15) is 0 Å². The number of nitrogens with two attached hydrogens (primary N) is 1. The highest BCUT2D eigenvalue weighted by atomic mass is 16.5. The topological polar surface area (TPSA) is 47.3 Å². The summed E-state index contributed by atoms with van der Waals surface area (Å²) >= 11 is 0.